The number of hydrogen-bond acceptors (Lipinski definition) is 10. The number of rotatable bonds is 18. The van der Waals surface area contributed by atoms with Gasteiger partial charge in [-0.3, -0.25) is 9.78 Å². The minimum Gasteiger partial charge on any atom is -0.488 e. The van der Waals surface area contributed by atoms with Gasteiger partial charge in [0.25, 0.3) is 0 Å². The third-order valence-electron chi connectivity index (χ3n) is 10.8. The topological polar surface area (TPSA) is 153 Å². The monoisotopic (exact) mass is 850 g/mol. The van der Waals surface area contributed by atoms with E-state index in [1.807, 2.05) is 38.1 Å². The quantitative estimate of drug-likeness (QED) is 0.0662. The van der Waals surface area contributed by atoms with Crippen LogP contribution in [0.2, 0.25) is 23.2 Å². The number of amides is 1. The number of carbonyl (C=O) groups is 2. The van der Waals surface area contributed by atoms with Crippen LogP contribution in [-0.2, 0) is 30.8 Å². The Morgan fingerprint density at radius 1 is 0.900 bits per heavy atom. The van der Waals surface area contributed by atoms with E-state index >= 15 is 0 Å². The van der Waals surface area contributed by atoms with Gasteiger partial charge in [0.05, 0.1) is 36.4 Å². The lowest BCUT2D eigenvalue weighted by atomic mass is 9.92. The van der Waals surface area contributed by atoms with Gasteiger partial charge in [0.1, 0.15) is 37.4 Å². The summed E-state index contributed by atoms with van der Waals surface area (Å²) >= 11 is 6.54. The summed E-state index contributed by atoms with van der Waals surface area (Å²) in [5.41, 5.74) is 7.96. The van der Waals surface area contributed by atoms with Gasteiger partial charge in [-0.25, -0.2) is 4.79 Å². The molecule has 3 aromatic carbocycles. The van der Waals surface area contributed by atoms with Gasteiger partial charge >= 0.3 is 6.09 Å². The van der Waals surface area contributed by atoms with Gasteiger partial charge in [-0.05, 0) is 83.6 Å². The number of pyridine rings is 2. The molecule has 0 bridgehead atoms. The average molecular weight is 851 g/mol. The van der Waals surface area contributed by atoms with Gasteiger partial charge < -0.3 is 33.4 Å². The first-order chi connectivity index (χ1) is 28.5. The Balaban J connectivity index is 1.26. The molecule has 0 radical (unpaired) electrons. The predicted octanol–water partition coefficient (Wildman–Crippen LogP) is 10.3. The number of methoxy groups -OCH3 is 1. The van der Waals surface area contributed by atoms with E-state index in [1.54, 1.807) is 30.5 Å². The van der Waals surface area contributed by atoms with E-state index < -0.39 is 14.4 Å². The molecule has 314 valence electrons. The number of aldehydes is 1. The van der Waals surface area contributed by atoms with Gasteiger partial charge in [0, 0.05) is 42.2 Å². The summed E-state index contributed by atoms with van der Waals surface area (Å²) in [6, 6.07) is 22.4. The minimum atomic E-state index is -2.03. The molecule has 14 heteroatoms. The lowest BCUT2D eigenvalue weighted by Crippen LogP contribution is -2.43. The van der Waals surface area contributed by atoms with Crippen molar-refractivity contribution in [1.82, 2.24) is 14.9 Å². The summed E-state index contributed by atoms with van der Waals surface area (Å²) in [6.45, 7) is 16.0. The second-order valence-electron chi connectivity index (χ2n) is 15.8. The second kappa shape index (κ2) is 19.9. The van der Waals surface area contributed by atoms with Crippen LogP contribution in [0.4, 0.5) is 4.79 Å². The highest BCUT2D eigenvalue weighted by atomic mass is 35.5. The normalized spacial score (nSPS) is 11.4. The summed E-state index contributed by atoms with van der Waals surface area (Å²) in [6.07, 6.45) is 2.67. The summed E-state index contributed by atoms with van der Waals surface area (Å²) in [7, 11) is -0.530. The van der Waals surface area contributed by atoms with E-state index in [0.717, 1.165) is 33.4 Å². The van der Waals surface area contributed by atoms with Crippen LogP contribution in [0.1, 0.15) is 70.1 Å². The van der Waals surface area contributed by atoms with E-state index in [2.05, 4.69) is 62.0 Å². The van der Waals surface area contributed by atoms with Crippen molar-refractivity contribution >= 4 is 32.3 Å². The van der Waals surface area contributed by atoms with E-state index in [-0.39, 0.29) is 54.4 Å². The zero-order valence-corrected chi connectivity index (χ0v) is 37.1. The van der Waals surface area contributed by atoms with Crippen molar-refractivity contribution in [1.29, 1.82) is 5.26 Å². The highest BCUT2D eigenvalue weighted by molar-refractivity contribution is 6.74. The number of halogens is 1. The first kappa shape index (κ1) is 45.1. The summed E-state index contributed by atoms with van der Waals surface area (Å²) in [5, 5.41) is 19.4. The molecule has 2 heterocycles. The molecule has 0 unspecified atom stereocenters. The van der Waals surface area contributed by atoms with Gasteiger partial charge in [0.15, 0.2) is 14.6 Å². The van der Waals surface area contributed by atoms with Gasteiger partial charge in [-0.15, -0.1) is 0 Å². The molecule has 0 saturated heterocycles. The first-order valence-corrected chi connectivity index (χ1v) is 22.7. The molecule has 0 aliphatic carbocycles. The Morgan fingerprint density at radius 3 is 2.15 bits per heavy atom. The fourth-order valence-corrected chi connectivity index (χ4v) is 7.40. The third kappa shape index (κ3) is 11.2. The van der Waals surface area contributed by atoms with E-state index in [1.165, 1.54) is 24.3 Å². The standard InChI is InChI=1S/C46H51ClN4O8Si/c1-30-35(28-57-42-21-41(37(26-52)20-40(42)47)56-27-33-19-32(22-48)23-49-24-33)11-9-13-38(30)39-14-10-12-36(31(39)2)29-58-43-16-15-34(44(50-43)55-6)25-51(45(53)54)17-18-59-60(7,8)46(3,4)5/h9-16,19-21,23-24,26H,17-18,25,27-29H2,1-8H3,(H,53,54). The lowest BCUT2D eigenvalue weighted by Gasteiger charge is -2.36. The maximum Gasteiger partial charge on any atom is 0.407 e. The van der Waals surface area contributed by atoms with E-state index in [4.69, 9.17) is 35.0 Å². The molecule has 0 aliphatic heterocycles. The fraction of sp³-hybridized carbons (Fsp3) is 0.326. The Hall–Kier alpha value is -5.94. The van der Waals surface area contributed by atoms with Crippen LogP contribution >= 0.6 is 11.6 Å². The Labute approximate surface area is 357 Å². The van der Waals surface area contributed by atoms with Gasteiger partial charge in [-0.2, -0.15) is 10.2 Å². The fourth-order valence-electron chi connectivity index (χ4n) is 6.14. The summed E-state index contributed by atoms with van der Waals surface area (Å²) in [4.78, 5) is 33.9. The number of benzene rings is 3. The van der Waals surface area contributed by atoms with Crippen LogP contribution in [0.3, 0.4) is 0 Å². The van der Waals surface area contributed by atoms with Crippen molar-refractivity contribution in [3.8, 4) is 40.5 Å². The molecule has 0 atom stereocenters. The zero-order chi connectivity index (χ0) is 43.6. The number of carbonyl (C=O) groups excluding carboxylic acids is 1. The smallest absolute Gasteiger partial charge is 0.407 e. The number of aromatic nitrogens is 2. The molecule has 0 fully saturated rings. The van der Waals surface area contributed by atoms with E-state index in [0.29, 0.717) is 47.0 Å². The van der Waals surface area contributed by atoms with Crippen LogP contribution in [0.5, 0.6) is 23.3 Å². The number of hydrogen-bond donors (Lipinski definition) is 1. The molecule has 2 aromatic heterocycles. The Morgan fingerprint density at radius 2 is 1.55 bits per heavy atom. The lowest BCUT2D eigenvalue weighted by molar-refractivity contribution is 0.111. The highest BCUT2D eigenvalue weighted by Crippen LogP contribution is 2.37. The number of nitriles is 1. The Kier molecular flexibility index (Phi) is 15.0. The maximum atomic E-state index is 12.2. The van der Waals surface area contributed by atoms with Crippen molar-refractivity contribution < 1.29 is 38.1 Å². The summed E-state index contributed by atoms with van der Waals surface area (Å²) in [5.74, 6) is 1.27. The molecule has 1 amide bonds. The molecule has 0 aliphatic rings. The molecule has 60 heavy (non-hydrogen) atoms. The van der Waals surface area contributed by atoms with Crippen LogP contribution in [0.25, 0.3) is 11.1 Å². The van der Waals surface area contributed by atoms with E-state index in [9.17, 15) is 20.0 Å². The average Bonchev–Trinajstić information content (AvgIpc) is 3.22. The largest absolute Gasteiger partial charge is 0.488 e. The predicted molar refractivity (Wildman–Crippen MR) is 233 cm³/mol. The van der Waals surface area contributed by atoms with Crippen LogP contribution in [0, 0.1) is 25.2 Å². The molecule has 5 rings (SSSR count). The third-order valence-corrected chi connectivity index (χ3v) is 15.7. The molecule has 1 N–H and O–H groups in total. The van der Waals surface area contributed by atoms with Crippen molar-refractivity contribution in [3.05, 3.63) is 129 Å². The molecule has 0 spiro atoms. The van der Waals surface area contributed by atoms with Crippen molar-refractivity contribution in [2.24, 2.45) is 0 Å². The van der Waals surface area contributed by atoms with Crippen molar-refractivity contribution in [2.45, 2.75) is 79.1 Å². The molecular formula is C46H51ClN4O8Si. The molecule has 5 aromatic rings. The van der Waals surface area contributed by atoms with Crippen molar-refractivity contribution in [3.63, 3.8) is 0 Å². The second-order valence-corrected chi connectivity index (χ2v) is 21.0. The minimum absolute atomic E-state index is 0.0192. The zero-order valence-electron chi connectivity index (χ0n) is 35.3. The van der Waals surface area contributed by atoms with Gasteiger partial charge in [0.2, 0.25) is 11.8 Å². The Bertz CT molecular complexity index is 2380. The number of nitrogens with zero attached hydrogens (tertiary/aromatic N) is 4. The maximum absolute atomic E-state index is 12.2. The number of carboxylic acid groups (broad SMARTS) is 1. The van der Waals surface area contributed by atoms with Crippen LogP contribution in [0.15, 0.2) is 79.1 Å². The van der Waals surface area contributed by atoms with Crippen LogP contribution in [-0.4, -0.2) is 60.9 Å². The molecule has 12 nitrogen and oxygen atoms in total. The number of ether oxygens (including phenoxy) is 4. The van der Waals surface area contributed by atoms with Crippen LogP contribution < -0.4 is 18.9 Å². The molecular weight excluding hydrogens is 800 g/mol. The van der Waals surface area contributed by atoms with Crippen molar-refractivity contribution in [2.75, 3.05) is 20.3 Å². The highest BCUT2D eigenvalue weighted by Gasteiger charge is 2.37. The molecule has 0 saturated carbocycles. The SMILES string of the molecule is COc1nc(OCc2cccc(-c3cccc(COc4cc(OCc5cncc(C#N)c5)c(C=O)cc4Cl)c3C)c2C)ccc1CN(CCO[Si](C)(C)C(C)(C)C)C(=O)O. The van der Waals surface area contributed by atoms with Gasteiger partial charge in [-0.1, -0.05) is 68.8 Å². The summed E-state index contributed by atoms with van der Waals surface area (Å²) < 4.78 is 30.1. The first-order valence-electron chi connectivity index (χ1n) is 19.4.